The molecule has 17 heteroatoms. The summed E-state index contributed by atoms with van der Waals surface area (Å²) in [7, 11) is 0. The van der Waals surface area contributed by atoms with E-state index in [2.05, 4.69) is 25.7 Å². The molecule has 0 saturated carbocycles. The van der Waals surface area contributed by atoms with Crippen LogP contribution in [0.15, 0.2) is 52.8 Å². The first kappa shape index (κ1) is 32.2. The SMILES string of the molecule is CC1CN=C2C=C1c1c(cnn1C(F)F)NC(=O)[C@H](C)CCC[C@@H]2n1cnc(-c2c(-n3cc(C(F)F)nn3)ccc(Cl)c2F)cc1=O. The molecule has 5 heterocycles. The fraction of sp³-hybridized carbons (Fsp3) is 0.367. The number of dihydropyridines is 1. The topological polar surface area (TPSA) is 125 Å². The zero-order chi connectivity index (χ0) is 33.6. The van der Waals surface area contributed by atoms with E-state index in [1.807, 2.05) is 6.92 Å². The molecular formula is C30H27ClF5N9O2. The molecule has 0 aliphatic carbocycles. The lowest BCUT2D eigenvalue weighted by atomic mass is 9.89. The molecule has 2 aliphatic heterocycles. The predicted octanol–water partition coefficient (Wildman–Crippen LogP) is 6.29. The van der Waals surface area contributed by atoms with E-state index in [4.69, 9.17) is 16.6 Å². The van der Waals surface area contributed by atoms with Gasteiger partial charge in [-0.25, -0.2) is 27.5 Å². The minimum atomic E-state index is -2.98. The zero-order valence-corrected chi connectivity index (χ0v) is 25.7. The first-order valence-electron chi connectivity index (χ1n) is 14.6. The van der Waals surface area contributed by atoms with Crippen molar-refractivity contribution in [3.8, 4) is 16.9 Å². The van der Waals surface area contributed by atoms with Gasteiger partial charge in [0.15, 0.2) is 5.82 Å². The van der Waals surface area contributed by atoms with Gasteiger partial charge in [-0.05, 0) is 36.6 Å². The van der Waals surface area contributed by atoms with Crippen molar-refractivity contribution in [1.82, 2.24) is 34.3 Å². The number of benzene rings is 1. The summed E-state index contributed by atoms with van der Waals surface area (Å²) in [6.45, 7) is 0.754. The number of amides is 1. The number of rotatable bonds is 5. The van der Waals surface area contributed by atoms with Crippen LogP contribution in [0.3, 0.4) is 0 Å². The van der Waals surface area contributed by atoms with Crippen LogP contribution in [0.5, 0.6) is 0 Å². The number of hydrogen-bond donors (Lipinski definition) is 1. The molecule has 4 aromatic rings. The monoisotopic (exact) mass is 675 g/mol. The van der Waals surface area contributed by atoms with E-state index in [1.165, 1.54) is 29.2 Å². The second-order valence-corrected chi connectivity index (χ2v) is 11.8. The number of nitrogens with zero attached hydrogens (tertiary/aromatic N) is 8. The number of halogens is 6. The van der Waals surface area contributed by atoms with E-state index in [0.717, 1.165) is 16.9 Å². The van der Waals surface area contributed by atoms with Gasteiger partial charge in [-0.3, -0.25) is 19.1 Å². The Morgan fingerprint density at radius 2 is 1.87 bits per heavy atom. The van der Waals surface area contributed by atoms with Crippen LogP contribution in [-0.4, -0.2) is 52.5 Å². The third-order valence-electron chi connectivity index (χ3n) is 8.28. The quantitative estimate of drug-likeness (QED) is 0.248. The van der Waals surface area contributed by atoms with Crippen LogP contribution in [0.4, 0.5) is 27.6 Å². The molecule has 47 heavy (non-hydrogen) atoms. The van der Waals surface area contributed by atoms with Crippen molar-refractivity contribution in [2.24, 2.45) is 16.8 Å². The van der Waals surface area contributed by atoms with Gasteiger partial charge in [-0.15, -0.1) is 5.10 Å². The van der Waals surface area contributed by atoms with Gasteiger partial charge in [-0.2, -0.15) is 13.9 Å². The predicted molar refractivity (Wildman–Crippen MR) is 162 cm³/mol. The van der Waals surface area contributed by atoms with Gasteiger partial charge in [0.1, 0.15) is 5.69 Å². The van der Waals surface area contributed by atoms with Crippen molar-refractivity contribution in [2.45, 2.75) is 52.1 Å². The number of carbonyl (C=O) groups excluding carboxylic acids is 1. The summed E-state index contributed by atoms with van der Waals surface area (Å²) in [4.78, 5) is 35.8. The van der Waals surface area contributed by atoms with Crippen LogP contribution >= 0.6 is 11.6 Å². The highest BCUT2D eigenvalue weighted by atomic mass is 35.5. The molecule has 6 rings (SSSR count). The molecule has 3 atom stereocenters. The van der Waals surface area contributed by atoms with Gasteiger partial charge in [0.2, 0.25) is 5.91 Å². The summed E-state index contributed by atoms with van der Waals surface area (Å²) in [5.74, 6) is -2.13. The van der Waals surface area contributed by atoms with Crippen molar-refractivity contribution < 1.29 is 26.7 Å². The lowest BCUT2D eigenvalue weighted by molar-refractivity contribution is -0.119. The molecule has 11 nitrogen and oxygen atoms in total. The fourth-order valence-electron chi connectivity index (χ4n) is 5.76. The van der Waals surface area contributed by atoms with E-state index in [0.29, 0.717) is 35.2 Å². The molecule has 246 valence electrons. The number of allylic oxidation sites excluding steroid dienone is 1. The standard InChI is InChI=1S/C30H27ClF5N9O2/c1-14-4-3-5-22(18-8-16(15(2)10-37-18)27-20(40-29(14)47)11-39-45(27)30(35)36)43-13-38-19(9-24(43)46)25-23(7-6-17(31)26(25)32)44-12-21(28(33)34)41-42-44/h6-9,11-15,22,28,30H,3-5,10H2,1-2H3,(H,40,47)/t14-,15?,22+/m1/s1. The Hall–Kier alpha value is -4.73. The maximum absolute atomic E-state index is 15.5. The first-order chi connectivity index (χ1) is 22.4. The second kappa shape index (κ2) is 12.8. The van der Waals surface area contributed by atoms with Gasteiger partial charge in [0, 0.05) is 24.4 Å². The van der Waals surface area contributed by atoms with E-state index in [1.54, 1.807) is 13.0 Å². The second-order valence-electron chi connectivity index (χ2n) is 11.4. The number of aliphatic imine (C=N–C) groups is 1. The van der Waals surface area contributed by atoms with Gasteiger partial charge in [-0.1, -0.05) is 37.1 Å². The lowest BCUT2D eigenvalue weighted by Gasteiger charge is -2.28. The van der Waals surface area contributed by atoms with Crippen LogP contribution in [0.25, 0.3) is 22.5 Å². The van der Waals surface area contributed by atoms with Crippen LogP contribution in [-0.2, 0) is 4.79 Å². The average Bonchev–Trinajstić information content (AvgIpc) is 3.69. The molecule has 2 aliphatic rings. The number of aromatic nitrogens is 7. The Morgan fingerprint density at radius 3 is 2.57 bits per heavy atom. The zero-order valence-electron chi connectivity index (χ0n) is 24.9. The molecule has 0 radical (unpaired) electrons. The van der Waals surface area contributed by atoms with Crippen LogP contribution in [0, 0.1) is 17.7 Å². The van der Waals surface area contributed by atoms with E-state index in [-0.39, 0.29) is 51.7 Å². The maximum Gasteiger partial charge on any atom is 0.333 e. The highest BCUT2D eigenvalue weighted by molar-refractivity contribution is 6.31. The van der Waals surface area contributed by atoms with Gasteiger partial charge < -0.3 is 5.32 Å². The van der Waals surface area contributed by atoms with Crippen molar-refractivity contribution in [3.63, 3.8) is 0 Å². The fourth-order valence-corrected chi connectivity index (χ4v) is 5.92. The highest BCUT2D eigenvalue weighted by Gasteiger charge is 2.31. The summed E-state index contributed by atoms with van der Waals surface area (Å²) in [6, 6.07) is 2.91. The van der Waals surface area contributed by atoms with Crippen molar-refractivity contribution in [3.05, 3.63) is 75.6 Å². The van der Waals surface area contributed by atoms with E-state index in [9.17, 15) is 27.2 Å². The van der Waals surface area contributed by atoms with Crippen molar-refractivity contribution in [2.75, 3.05) is 11.9 Å². The number of anilines is 1. The van der Waals surface area contributed by atoms with E-state index >= 15 is 4.39 Å². The minimum absolute atomic E-state index is 0.0288. The molecule has 3 aromatic heterocycles. The van der Waals surface area contributed by atoms with Crippen LogP contribution in [0.1, 0.15) is 63.5 Å². The third-order valence-corrected chi connectivity index (χ3v) is 8.57. The smallest absolute Gasteiger partial charge is 0.323 e. The van der Waals surface area contributed by atoms with E-state index < -0.39 is 42.0 Å². The molecule has 1 unspecified atom stereocenters. The molecule has 1 amide bonds. The van der Waals surface area contributed by atoms with Gasteiger partial charge in [0.25, 0.3) is 12.0 Å². The molecule has 0 saturated heterocycles. The Balaban J connectivity index is 1.45. The Kier molecular flexibility index (Phi) is 8.78. The average molecular weight is 676 g/mol. The maximum atomic E-state index is 15.5. The summed E-state index contributed by atoms with van der Waals surface area (Å²) in [5.41, 5.74) is -0.590. The van der Waals surface area contributed by atoms with Crippen LogP contribution in [0.2, 0.25) is 5.02 Å². The van der Waals surface area contributed by atoms with Crippen molar-refractivity contribution in [1.29, 1.82) is 0 Å². The third kappa shape index (κ3) is 6.08. The summed E-state index contributed by atoms with van der Waals surface area (Å²) >= 11 is 6.05. The summed E-state index contributed by atoms with van der Waals surface area (Å²) in [5, 5.41) is 13.4. The first-order valence-corrected chi connectivity index (χ1v) is 15.0. The molecule has 0 spiro atoms. The summed E-state index contributed by atoms with van der Waals surface area (Å²) < 4.78 is 72.8. The number of nitrogens with one attached hydrogen (secondary N) is 1. The largest absolute Gasteiger partial charge is 0.333 e. The molecule has 1 N–H and O–H groups in total. The van der Waals surface area contributed by atoms with Crippen molar-refractivity contribution >= 4 is 34.5 Å². The molecule has 0 fully saturated rings. The number of alkyl halides is 4. The number of fused-ring (bicyclic) bond motifs is 3. The summed E-state index contributed by atoms with van der Waals surface area (Å²) in [6.07, 6.45) is 3.29. The molecule has 2 bridgehead atoms. The Morgan fingerprint density at radius 1 is 1.09 bits per heavy atom. The minimum Gasteiger partial charge on any atom is -0.323 e. The Labute approximate surface area is 268 Å². The number of carbonyl (C=O) groups is 1. The van der Waals surface area contributed by atoms with Gasteiger partial charge in [0.05, 0.1) is 63.8 Å². The lowest BCUT2D eigenvalue weighted by Crippen LogP contribution is -2.32. The molecule has 1 aromatic carbocycles. The normalized spacial score (nSPS) is 20.3. The molecular weight excluding hydrogens is 649 g/mol. The number of hydrogen-bond acceptors (Lipinski definition) is 7. The van der Waals surface area contributed by atoms with Gasteiger partial charge >= 0.3 is 6.55 Å². The van der Waals surface area contributed by atoms with Crippen LogP contribution < -0.4 is 10.9 Å². The Bertz CT molecular complexity index is 1970. The highest BCUT2D eigenvalue weighted by Crippen LogP contribution is 2.37.